The Balaban J connectivity index is 1.99. The van der Waals surface area contributed by atoms with Crippen molar-refractivity contribution < 1.29 is 18.0 Å². The van der Waals surface area contributed by atoms with Gasteiger partial charge in [-0.3, -0.25) is 9.59 Å². The minimum Gasteiger partial charge on any atom is -0.343 e. The van der Waals surface area contributed by atoms with Crippen LogP contribution < -0.4 is 10.9 Å². The van der Waals surface area contributed by atoms with Gasteiger partial charge in [0.25, 0.3) is 11.5 Å². The lowest BCUT2D eigenvalue weighted by Crippen LogP contribution is -2.37. The maximum atomic E-state index is 13.1. The molecule has 3 aromatic rings. The molecule has 2 aromatic heterocycles. The molecule has 0 radical (unpaired) electrons. The molecule has 3 rings (SSSR count). The van der Waals surface area contributed by atoms with Crippen LogP contribution in [-0.2, 0) is 6.18 Å². The molecular formula is C21H19F3N6O3. The van der Waals surface area contributed by atoms with E-state index < -0.39 is 40.4 Å². The predicted octanol–water partition coefficient (Wildman–Crippen LogP) is 4.16. The van der Waals surface area contributed by atoms with Crippen LogP contribution in [0, 0.1) is 10.3 Å². The maximum Gasteiger partial charge on any atom is 0.418 e. The van der Waals surface area contributed by atoms with Gasteiger partial charge in [0.05, 0.1) is 11.6 Å². The number of H-pyrrole nitrogens is 1. The Labute approximate surface area is 185 Å². The molecule has 33 heavy (non-hydrogen) atoms. The van der Waals surface area contributed by atoms with Crippen molar-refractivity contribution in [2.24, 2.45) is 10.6 Å². The van der Waals surface area contributed by atoms with E-state index in [1.807, 2.05) is 0 Å². The fourth-order valence-electron chi connectivity index (χ4n) is 3.15. The van der Waals surface area contributed by atoms with Gasteiger partial charge >= 0.3 is 6.18 Å². The van der Waals surface area contributed by atoms with Gasteiger partial charge in [-0.2, -0.15) is 13.2 Å². The smallest absolute Gasteiger partial charge is 0.343 e. The first-order valence-corrected chi connectivity index (χ1v) is 9.64. The second-order valence-corrected chi connectivity index (χ2v) is 8.19. The molecule has 1 amide bonds. The molecule has 0 bridgehead atoms. The number of nitrogens with one attached hydrogen (secondary N) is 2. The van der Waals surface area contributed by atoms with Gasteiger partial charge in [0, 0.05) is 18.5 Å². The molecule has 0 aliphatic rings. The molecule has 0 saturated heterocycles. The Kier molecular flexibility index (Phi) is 6.38. The van der Waals surface area contributed by atoms with Gasteiger partial charge in [-0.25, -0.2) is 15.0 Å². The minimum atomic E-state index is -4.76. The molecule has 172 valence electrons. The lowest BCUT2D eigenvalue weighted by molar-refractivity contribution is -0.137. The number of aromatic amines is 1. The van der Waals surface area contributed by atoms with Crippen LogP contribution in [0.1, 0.15) is 48.4 Å². The Morgan fingerprint density at radius 3 is 2.36 bits per heavy atom. The number of amides is 1. The number of rotatable bonds is 5. The van der Waals surface area contributed by atoms with Gasteiger partial charge in [-0.1, -0.05) is 26.8 Å². The van der Waals surface area contributed by atoms with E-state index in [0.29, 0.717) is 0 Å². The summed E-state index contributed by atoms with van der Waals surface area (Å²) >= 11 is 0. The summed E-state index contributed by atoms with van der Waals surface area (Å²) in [6, 6.07) is 4.60. The topological polar surface area (TPSA) is 130 Å². The average Bonchev–Trinajstić information content (AvgIpc) is 2.75. The van der Waals surface area contributed by atoms with Crippen molar-refractivity contribution in [1.82, 2.24) is 25.3 Å². The molecule has 9 nitrogen and oxygen atoms in total. The Hall–Kier alpha value is -3.96. The summed E-state index contributed by atoms with van der Waals surface area (Å²) in [6.45, 7) is 5.24. The van der Waals surface area contributed by atoms with Crippen molar-refractivity contribution in [3.8, 4) is 11.6 Å². The van der Waals surface area contributed by atoms with Gasteiger partial charge in [0.15, 0.2) is 11.6 Å². The van der Waals surface area contributed by atoms with Crippen LogP contribution in [0.2, 0.25) is 0 Å². The second kappa shape index (κ2) is 8.88. The number of hydrogen-bond acceptors (Lipinski definition) is 7. The Morgan fingerprint density at radius 2 is 1.79 bits per heavy atom. The first kappa shape index (κ1) is 23.7. The number of nitrogens with zero attached hydrogens (tertiary/aromatic N) is 4. The SMILES string of the molecule is CC(C)(C)[C@@H](NC(=O)c1cc(=O)[nH]c(-c2ncccn2)n1)c1ccc(C(F)(F)F)c(N=O)c1. The summed E-state index contributed by atoms with van der Waals surface area (Å²) in [5.41, 5.74) is -3.29. The average molecular weight is 460 g/mol. The standard InChI is InChI=1S/C21H19F3N6O3/c1-20(2,3)16(11-5-6-12(21(22,23)24)13(9-11)30-33)29-19(32)14-10-15(31)28-18(27-14)17-25-7-4-8-26-17/h4-10,16H,1-3H3,(H,29,32)(H,27,28,31)/t16-/m0/s1. The highest BCUT2D eigenvalue weighted by molar-refractivity contribution is 5.92. The second-order valence-electron chi connectivity index (χ2n) is 8.19. The van der Waals surface area contributed by atoms with E-state index in [-0.39, 0.29) is 22.9 Å². The lowest BCUT2D eigenvalue weighted by Gasteiger charge is -2.32. The van der Waals surface area contributed by atoms with Gasteiger partial charge in [-0.15, -0.1) is 4.91 Å². The van der Waals surface area contributed by atoms with E-state index in [1.54, 1.807) is 26.8 Å². The molecule has 2 heterocycles. The van der Waals surface area contributed by atoms with Gasteiger partial charge in [0.2, 0.25) is 0 Å². The van der Waals surface area contributed by atoms with Crippen LogP contribution in [0.25, 0.3) is 11.6 Å². The molecule has 0 fully saturated rings. The summed E-state index contributed by atoms with van der Waals surface area (Å²) < 4.78 is 39.4. The van der Waals surface area contributed by atoms with E-state index >= 15 is 0 Å². The molecule has 12 heteroatoms. The molecule has 0 aliphatic carbocycles. The quantitative estimate of drug-likeness (QED) is 0.550. The lowest BCUT2D eigenvalue weighted by atomic mass is 9.81. The fourth-order valence-corrected chi connectivity index (χ4v) is 3.15. The van der Waals surface area contributed by atoms with E-state index in [4.69, 9.17) is 0 Å². The molecule has 1 aromatic carbocycles. The van der Waals surface area contributed by atoms with Crippen molar-refractivity contribution in [2.45, 2.75) is 33.0 Å². The first-order chi connectivity index (χ1) is 15.4. The van der Waals surface area contributed by atoms with Crippen LogP contribution in [0.5, 0.6) is 0 Å². The molecule has 2 N–H and O–H groups in total. The number of nitroso groups, excluding NO2 is 1. The van der Waals surface area contributed by atoms with Crippen molar-refractivity contribution in [1.29, 1.82) is 0 Å². The van der Waals surface area contributed by atoms with Gasteiger partial charge in [0.1, 0.15) is 11.4 Å². The number of hydrogen-bond donors (Lipinski definition) is 2. The number of benzene rings is 1. The molecule has 1 atom stereocenters. The summed E-state index contributed by atoms with van der Waals surface area (Å²) in [4.78, 5) is 50.6. The Bertz CT molecular complexity index is 1240. The van der Waals surface area contributed by atoms with Crippen molar-refractivity contribution in [2.75, 3.05) is 0 Å². The highest BCUT2D eigenvalue weighted by Gasteiger charge is 2.36. The highest BCUT2D eigenvalue weighted by atomic mass is 19.4. The van der Waals surface area contributed by atoms with Crippen LogP contribution in [0.4, 0.5) is 18.9 Å². The third-order valence-electron chi connectivity index (χ3n) is 4.65. The number of alkyl halides is 3. The van der Waals surface area contributed by atoms with E-state index in [0.717, 1.165) is 18.2 Å². The number of carbonyl (C=O) groups excluding carboxylic acids is 1. The summed E-state index contributed by atoms with van der Waals surface area (Å²) in [5, 5.41) is 5.19. The third kappa shape index (κ3) is 5.45. The van der Waals surface area contributed by atoms with Crippen molar-refractivity contribution in [3.63, 3.8) is 0 Å². The monoisotopic (exact) mass is 460 g/mol. The molecule has 0 spiro atoms. The molecule has 0 aliphatic heterocycles. The first-order valence-electron chi connectivity index (χ1n) is 9.64. The molecule has 0 unspecified atom stereocenters. The largest absolute Gasteiger partial charge is 0.418 e. The zero-order valence-electron chi connectivity index (χ0n) is 17.8. The van der Waals surface area contributed by atoms with E-state index in [1.165, 1.54) is 18.5 Å². The van der Waals surface area contributed by atoms with Gasteiger partial charge < -0.3 is 10.3 Å². The van der Waals surface area contributed by atoms with Crippen molar-refractivity contribution >= 4 is 11.6 Å². The fraction of sp³-hybridized carbons (Fsp3) is 0.286. The van der Waals surface area contributed by atoms with Crippen LogP contribution >= 0.6 is 0 Å². The third-order valence-corrected chi connectivity index (χ3v) is 4.65. The molecular weight excluding hydrogens is 441 g/mol. The van der Waals surface area contributed by atoms with Gasteiger partial charge in [-0.05, 0) is 34.4 Å². The number of carbonyl (C=O) groups is 1. The molecule has 0 saturated carbocycles. The number of aromatic nitrogens is 4. The van der Waals surface area contributed by atoms with Crippen molar-refractivity contribution in [3.05, 3.63) is 74.8 Å². The summed E-state index contributed by atoms with van der Waals surface area (Å²) in [6.07, 6.45) is -1.88. The van der Waals surface area contributed by atoms with Crippen LogP contribution in [0.15, 0.2) is 52.7 Å². The predicted molar refractivity (Wildman–Crippen MR) is 112 cm³/mol. The minimum absolute atomic E-state index is 0.0254. The maximum absolute atomic E-state index is 13.1. The summed E-state index contributed by atoms with van der Waals surface area (Å²) in [7, 11) is 0. The zero-order chi connectivity index (χ0) is 24.4. The van der Waals surface area contributed by atoms with Crippen LogP contribution in [-0.4, -0.2) is 25.8 Å². The zero-order valence-corrected chi connectivity index (χ0v) is 17.8. The normalized spacial score (nSPS) is 12.8. The Morgan fingerprint density at radius 1 is 1.12 bits per heavy atom. The van der Waals surface area contributed by atoms with E-state index in [2.05, 4.69) is 30.4 Å². The van der Waals surface area contributed by atoms with E-state index in [9.17, 15) is 27.7 Å². The van der Waals surface area contributed by atoms with Crippen LogP contribution in [0.3, 0.4) is 0 Å². The highest BCUT2D eigenvalue weighted by Crippen LogP contribution is 2.40. The summed E-state index contributed by atoms with van der Waals surface area (Å²) in [5.74, 6) is -0.678. The number of halogens is 3.